The van der Waals surface area contributed by atoms with Crippen molar-refractivity contribution in [3.05, 3.63) is 68.6 Å². The summed E-state index contributed by atoms with van der Waals surface area (Å²) < 4.78 is 5.15. The van der Waals surface area contributed by atoms with Crippen LogP contribution in [0.4, 0.5) is 5.82 Å². The average Bonchev–Trinajstić information content (AvgIpc) is 3.39. The summed E-state index contributed by atoms with van der Waals surface area (Å²) >= 11 is 6.88. The molecule has 1 aliphatic heterocycles. The number of thiophene rings is 1. The first-order chi connectivity index (χ1) is 15.0. The molecule has 0 saturated heterocycles. The zero-order valence-corrected chi connectivity index (χ0v) is 20.0. The zero-order valence-electron chi connectivity index (χ0n) is 16.8. The number of benzene rings is 2. The van der Waals surface area contributed by atoms with E-state index in [0.717, 1.165) is 36.9 Å². The van der Waals surface area contributed by atoms with Crippen LogP contribution >= 0.6 is 38.6 Å². The van der Waals surface area contributed by atoms with Crippen LogP contribution in [-0.2, 0) is 4.79 Å². The third kappa shape index (κ3) is 2.96. The van der Waals surface area contributed by atoms with Gasteiger partial charge < -0.3 is 5.32 Å². The molecule has 6 rings (SSSR count). The van der Waals surface area contributed by atoms with Crippen molar-refractivity contribution in [2.24, 2.45) is 0 Å². The van der Waals surface area contributed by atoms with Crippen molar-refractivity contribution in [3.8, 4) is 5.13 Å². The second-order valence-corrected chi connectivity index (χ2v) is 10.9. The highest BCUT2D eigenvalue weighted by Crippen LogP contribution is 2.46. The molecule has 2 aromatic carbocycles. The van der Waals surface area contributed by atoms with Crippen molar-refractivity contribution >= 4 is 70.6 Å². The Kier molecular flexibility index (Phi) is 4.31. The average molecular weight is 509 g/mol. The molecule has 154 valence electrons. The predicted octanol–water partition coefficient (Wildman–Crippen LogP) is 6.55. The number of nitrogens with one attached hydrogen (secondary N) is 1. The summed E-state index contributed by atoms with van der Waals surface area (Å²) in [6.45, 7) is 4.17. The van der Waals surface area contributed by atoms with Gasteiger partial charge in [0, 0.05) is 32.0 Å². The molecule has 5 aromatic rings. The number of nitrogens with zero attached hydrogens (tertiary/aromatic N) is 3. The van der Waals surface area contributed by atoms with Crippen molar-refractivity contribution in [1.82, 2.24) is 14.8 Å². The molecular formula is C23H17BrN4OS2. The molecule has 1 atom stereocenters. The molecule has 31 heavy (non-hydrogen) atoms. The molecule has 8 heteroatoms. The predicted molar refractivity (Wildman–Crippen MR) is 131 cm³/mol. The number of fused-ring (bicyclic) bond motifs is 3. The van der Waals surface area contributed by atoms with Gasteiger partial charge in [-0.2, -0.15) is 9.78 Å². The van der Waals surface area contributed by atoms with Gasteiger partial charge in [-0.15, -0.1) is 11.3 Å². The molecule has 0 saturated carbocycles. The van der Waals surface area contributed by atoms with Crippen LogP contribution in [-0.4, -0.2) is 20.7 Å². The zero-order chi connectivity index (χ0) is 21.3. The monoisotopic (exact) mass is 508 g/mol. The quantitative estimate of drug-likeness (QED) is 0.294. The van der Waals surface area contributed by atoms with Crippen molar-refractivity contribution in [2.75, 3.05) is 5.32 Å². The Morgan fingerprint density at radius 2 is 1.94 bits per heavy atom. The first-order valence-electron chi connectivity index (χ1n) is 9.93. The summed E-state index contributed by atoms with van der Waals surface area (Å²) in [5.74, 6) is 0.737. The van der Waals surface area contributed by atoms with Gasteiger partial charge in [0.15, 0.2) is 0 Å². The first-order valence-corrected chi connectivity index (χ1v) is 12.4. The van der Waals surface area contributed by atoms with Crippen molar-refractivity contribution in [2.45, 2.75) is 26.2 Å². The Morgan fingerprint density at radius 3 is 2.81 bits per heavy atom. The van der Waals surface area contributed by atoms with Gasteiger partial charge in [-0.1, -0.05) is 45.5 Å². The molecule has 0 bridgehead atoms. The van der Waals surface area contributed by atoms with Gasteiger partial charge in [-0.3, -0.25) is 4.79 Å². The molecule has 0 radical (unpaired) electrons. The van der Waals surface area contributed by atoms with Crippen molar-refractivity contribution in [3.63, 3.8) is 0 Å². The van der Waals surface area contributed by atoms with Crippen molar-refractivity contribution in [1.29, 1.82) is 0 Å². The van der Waals surface area contributed by atoms with E-state index in [-0.39, 0.29) is 11.8 Å². The van der Waals surface area contributed by atoms with Gasteiger partial charge in [0.25, 0.3) is 0 Å². The number of halogens is 1. The SMILES string of the molecule is Cc1nn(-c2nc3ccc(Br)cc3s2)c2c1[C@@H](c1c(C)sc3ccccc13)CC(=O)N2. The van der Waals surface area contributed by atoms with E-state index in [1.54, 1.807) is 27.4 Å². The molecule has 1 aliphatic rings. The van der Waals surface area contributed by atoms with Gasteiger partial charge in [0.05, 0.1) is 15.9 Å². The van der Waals surface area contributed by atoms with E-state index in [2.05, 4.69) is 58.5 Å². The van der Waals surface area contributed by atoms with Gasteiger partial charge in [-0.05, 0) is 49.1 Å². The number of anilines is 1. The highest BCUT2D eigenvalue weighted by molar-refractivity contribution is 9.10. The summed E-state index contributed by atoms with van der Waals surface area (Å²) in [5.41, 5.74) is 4.18. The lowest BCUT2D eigenvalue weighted by Crippen LogP contribution is -2.25. The van der Waals surface area contributed by atoms with Crippen LogP contribution in [0.3, 0.4) is 0 Å². The van der Waals surface area contributed by atoms with Crippen LogP contribution in [0.15, 0.2) is 46.9 Å². The Hall–Kier alpha value is -2.55. The summed E-state index contributed by atoms with van der Waals surface area (Å²) in [6.07, 6.45) is 0.424. The topological polar surface area (TPSA) is 59.8 Å². The number of aromatic nitrogens is 3. The lowest BCUT2D eigenvalue weighted by atomic mass is 9.84. The second-order valence-electron chi connectivity index (χ2n) is 7.74. The van der Waals surface area contributed by atoms with Crippen LogP contribution in [0.5, 0.6) is 0 Å². The summed E-state index contributed by atoms with van der Waals surface area (Å²) in [7, 11) is 0. The second kappa shape index (κ2) is 6.98. The van der Waals surface area contributed by atoms with Gasteiger partial charge in [-0.25, -0.2) is 4.98 Å². The number of thiazole rings is 1. The fourth-order valence-corrected chi connectivity index (χ4v) is 7.13. The maximum Gasteiger partial charge on any atom is 0.226 e. The summed E-state index contributed by atoms with van der Waals surface area (Å²) in [5, 5.41) is 9.90. The molecule has 0 aliphatic carbocycles. The minimum atomic E-state index is -0.0165. The number of carbonyl (C=O) groups excluding carboxylic acids is 1. The highest BCUT2D eigenvalue weighted by Gasteiger charge is 2.35. The largest absolute Gasteiger partial charge is 0.310 e. The van der Waals surface area contributed by atoms with E-state index in [1.165, 1.54) is 20.5 Å². The number of carbonyl (C=O) groups is 1. The smallest absolute Gasteiger partial charge is 0.226 e. The van der Waals surface area contributed by atoms with Crippen LogP contribution in [0, 0.1) is 13.8 Å². The normalized spacial score (nSPS) is 16.1. The lowest BCUT2D eigenvalue weighted by Gasteiger charge is -2.24. The number of aryl methyl sites for hydroxylation is 2. The molecule has 1 amide bonds. The fourth-order valence-electron chi connectivity index (χ4n) is 4.53. The number of rotatable bonds is 2. The molecule has 4 heterocycles. The molecule has 5 nitrogen and oxygen atoms in total. The summed E-state index contributed by atoms with van der Waals surface area (Å²) in [6, 6.07) is 14.5. The Bertz CT molecular complexity index is 1510. The van der Waals surface area contributed by atoms with Gasteiger partial charge in [0.1, 0.15) is 5.82 Å². The van der Waals surface area contributed by atoms with E-state index < -0.39 is 0 Å². The molecular weight excluding hydrogens is 492 g/mol. The van der Waals surface area contributed by atoms with E-state index in [4.69, 9.17) is 10.1 Å². The van der Waals surface area contributed by atoms with E-state index >= 15 is 0 Å². The third-order valence-corrected chi connectivity index (χ3v) is 8.38. The Labute approximate surface area is 194 Å². The van der Waals surface area contributed by atoms with E-state index in [9.17, 15) is 4.79 Å². The summed E-state index contributed by atoms with van der Waals surface area (Å²) in [4.78, 5) is 18.8. The third-order valence-electron chi connectivity index (χ3n) is 5.79. The molecule has 1 N–H and O–H groups in total. The Balaban J connectivity index is 1.56. The van der Waals surface area contributed by atoms with Crippen LogP contribution in [0.1, 0.15) is 34.0 Å². The van der Waals surface area contributed by atoms with E-state index in [1.807, 2.05) is 19.1 Å². The number of hydrogen-bond donors (Lipinski definition) is 1. The number of hydrogen-bond acceptors (Lipinski definition) is 5. The van der Waals surface area contributed by atoms with Crippen LogP contribution in [0.2, 0.25) is 0 Å². The highest BCUT2D eigenvalue weighted by atomic mass is 79.9. The molecule has 0 unspecified atom stereocenters. The van der Waals surface area contributed by atoms with Crippen LogP contribution in [0.25, 0.3) is 25.4 Å². The molecule has 0 spiro atoms. The van der Waals surface area contributed by atoms with Gasteiger partial charge in [0.2, 0.25) is 11.0 Å². The van der Waals surface area contributed by atoms with Crippen LogP contribution < -0.4 is 5.32 Å². The van der Waals surface area contributed by atoms with Gasteiger partial charge >= 0.3 is 0 Å². The maximum absolute atomic E-state index is 12.8. The molecule has 3 aromatic heterocycles. The Morgan fingerprint density at radius 1 is 1.10 bits per heavy atom. The number of amides is 1. The lowest BCUT2D eigenvalue weighted by molar-refractivity contribution is -0.116. The molecule has 0 fully saturated rings. The van der Waals surface area contributed by atoms with Crippen molar-refractivity contribution < 1.29 is 4.79 Å². The minimum absolute atomic E-state index is 0.0113. The minimum Gasteiger partial charge on any atom is -0.310 e. The maximum atomic E-state index is 12.8. The fraction of sp³-hybridized carbons (Fsp3) is 0.174. The first kappa shape index (κ1) is 19.2. The van der Waals surface area contributed by atoms with E-state index in [0.29, 0.717) is 6.42 Å². The standard InChI is InChI=1S/C23H17BrN4OS2/c1-11-20-15(21-12(2)30-17-6-4-3-5-14(17)21)10-19(29)26-22(20)28(27-11)23-25-16-8-7-13(24)9-18(16)31-23/h3-9,15H,10H2,1-2H3,(H,26,29)/t15-/m0/s1.